The number of carbonyl (C=O) groups is 2. The molecule has 4 aliphatic rings. The van der Waals surface area contributed by atoms with Gasteiger partial charge in [0, 0.05) is 70.3 Å². The Morgan fingerprint density at radius 2 is 1.41 bits per heavy atom. The molecule has 2 fully saturated rings. The number of hydrogen-bond donors (Lipinski definition) is 4. The van der Waals surface area contributed by atoms with Crippen molar-refractivity contribution in [3.8, 4) is 5.75 Å². The van der Waals surface area contributed by atoms with Crippen LogP contribution in [0.1, 0.15) is 48.8 Å². The van der Waals surface area contributed by atoms with Crippen molar-refractivity contribution in [2.45, 2.75) is 38.5 Å². The Kier molecular flexibility index (Phi) is 12.3. The number of ether oxygens (including phenoxy) is 1. The van der Waals surface area contributed by atoms with Crippen molar-refractivity contribution < 1.29 is 14.3 Å². The van der Waals surface area contributed by atoms with Crippen LogP contribution in [0.3, 0.4) is 0 Å². The molecule has 1 unspecified atom stereocenters. The van der Waals surface area contributed by atoms with Crippen molar-refractivity contribution in [1.29, 1.82) is 0 Å². The van der Waals surface area contributed by atoms with Crippen LogP contribution in [0.25, 0.3) is 11.1 Å². The Labute approximate surface area is 323 Å². The van der Waals surface area contributed by atoms with Crippen LogP contribution in [0.15, 0.2) is 103 Å². The van der Waals surface area contributed by atoms with E-state index in [0.717, 1.165) is 65.7 Å². The Morgan fingerprint density at radius 1 is 0.759 bits per heavy atom. The zero-order valence-corrected chi connectivity index (χ0v) is 31.6. The number of rotatable bonds is 10. The molecule has 4 aliphatic heterocycles. The number of halogens is 1. The second-order valence-corrected chi connectivity index (χ2v) is 14.9. The van der Waals surface area contributed by atoms with E-state index in [1.54, 1.807) is 24.5 Å². The summed E-state index contributed by atoms with van der Waals surface area (Å²) >= 11 is 6.06. The minimum absolute atomic E-state index is 0.0585. The number of benzene rings is 4. The molecule has 4 aromatic rings. The van der Waals surface area contributed by atoms with Gasteiger partial charge >= 0.3 is 0 Å². The fraction of sp³-hybridized carbons (Fsp3) is 0.318. The number of piperidine rings is 2. The minimum Gasteiger partial charge on any atom is -0.493 e. The van der Waals surface area contributed by atoms with Gasteiger partial charge in [-0.2, -0.15) is 0 Å². The lowest BCUT2D eigenvalue weighted by Gasteiger charge is -2.29. The van der Waals surface area contributed by atoms with Gasteiger partial charge < -0.3 is 35.8 Å². The van der Waals surface area contributed by atoms with Crippen molar-refractivity contribution in [2.24, 2.45) is 5.92 Å². The van der Waals surface area contributed by atoms with Crippen molar-refractivity contribution in [2.75, 3.05) is 67.6 Å². The molecule has 0 bridgehead atoms. The molecule has 0 spiro atoms. The molecule has 280 valence electrons. The molecule has 0 radical (unpaired) electrons. The van der Waals surface area contributed by atoms with Gasteiger partial charge in [0.15, 0.2) is 0 Å². The third-order valence-corrected chi connectivity index (χ3v) is 10.7. The van der Waals surface area contributed by atoms with Gasteiger partial charge in [-0.1, -0.05) is 48.4 Å². The molecule has 4 aromatic carbocycles. The zero-order chi connectivity index (χ0) is 37.3. The zero-order valence-electron chi connectivity index (χ0n) is 30.9. The Morgan fingerprint density at radius 3 is 2.11 bits per heavy atom. The van der Waals surface area contributed by atoms with Crippen molar-refractivity contribution in [3.05, 3.63) is 125 Å². The molecular weight excluding hydrogens is 696 g/mol. The minimum atomic E-state index is -0.137. The first-order valence-electron chi connectivity index (χ1n) is 19.1. The summed E-state index contributed by atoms with van der Waals surface area (Å²) in [6.07, 6.45) is 11.1. The normalized spacial score (nSPS) is 19.7. The highest BCUT2D eigenvalue weighted by Gasteiger charge is 2.25. The topological polar surface area (TPSA) is 98.0 Å². The first-order chi connectivity index (χ1) is 26.4. The van der Waals surface area contributed by atoms with E-state index in [2.05, 4.69) is 62.4 Å². The number of anilines is 4. The Balaban J connectivity index is 0.000000167. The number of likely N-dealkylation sites (tertiary alicyclic amines) is 2. The van der Waals surface area contributed by atoms with E-state index in [9.17, 15) is 9.59 Å². The predicted molar refractivity (Wildman–Crippen MR) is 221 cm³/mol. The van der Waals surface area contributed by atoms with Crippen molar-refractivity contribution in [1.82, 2.24) is 9.80 Å². The number of nitrogens with one attached hydrogen (secondary N) is 4. The standard InChI is InChI=1S/C22H24ClN3O2.C22H25N3O/c1-26-10-2-3-15(13-26)14-28-18-7-5-17(6-8-18)24-12-20-19-11-16(23)4-9-21(19)25-22(20)27;26-22-20(19-6-2-3-7-21(19)24-22)16-23-18-10-8-17(9-11-18)12-15-25-13-4-1-5-14-25/h4-9,11-12,15,24H,2-3,10,13-14H2,1H3,(H,25,27);2-3,6-11,16,23H,1,4-5,12-15H2,(H,24,26). The average Bonchev–Trinajstić information content (AvgIpc) is 3.69. The first kappa shape index (κ1) is 37.2. The summed E-state index contributed by atoms with van der Waals surface area (Å²) in [5.74, 6) is 1.26. The fourth-order valence-corrected chi connectivity index (χ4v) is 7.58. The van der Waals surface area contributed by atoms with E-state index in [1.807, 2.05) is 54.6 Å². The van der Waals surface area contributed by atoms with E-state index >= 15 is 0 Å². The predicted octanol–water partition coefficient (Wildman–Crippen LogP) is 8.59. The van der Waals surface area contributed by atoms with Gasteiger partial charge in [-0.15, -0.1) is 0 Å². The molecule has 1 atom stereocenters. The lowest BCUT2D eigenvalue weighted by atomic mass is 10.00. The fourth-order valence-electron chi connectivity index (χ4n) is 7.41. The SMILES string of the molecule is CN1CCCC(COc2ccc(NC=C3C(=O)Nc4ccc(Cl)cc43)cc2)C1.O=C1Nc2ccccc2C1=CNc1ccc(CCN2CCCCC2)cc1. The molecule has 8 rings (SSSR count). The summed E-state index contributed by atoms with van der Waals surface area (Å²) in [6.45, 7) is 6.67. The largest absolute Gasteiger partial charge is 0.493 e. The van der Waals surface area contributed by atoms with Crippen LogP contribution >= 0.6 is 11.6 Å². The molecule has 2 saturated heterocycles. The maximum Gasteiger partial charge on any atom is 0.257 e. The van der Waals surface area contributed by atoms with Gasteiger partial charge in [0.05, 0.1) is 17.8 Å². The monoisotopic (exact) mass is 744 g/mol. The Hall–Kier alpha value is -5.09. The second kappa shape index (κ2) is 17.8. The van der Waals surface area contributed by atoms with Gasteiger partial charge in [-0.3, -0.25) is 9.59 Å². The quantitative estimate of drug-likeness (QED) is 0.121. The molecule has 10 heteroatoms. The highest BCUT2D eigenvalue weighted by Crippen LogP contribution is 2.34. The maximum atomic E-state index is 12.2. The van der Waals surface area contributed by atoms with Gasteiger partial charge in [-0.25, -0.2) is 0 Å². The van der Waals surface area contributed by atoms with Gasteiger partial charge in [0.2, 0.25) is 0 Å². The van der Waals surface area contributed by atoms with Crippen LogP contribution in [0.5, 0.6) is 5.75 Å². The summed E-state index contributed by atoms with van der Waals surface area (Å²) in [6, 6.07) is 29.5. The smallest absolute Gasteiger partial charge is 0.257 e. The summed E-state index contributed by atoms with van der Waals surface area (Å²) in [5, 5.41) is 12.8. The van der Waals surface area contributed by atoms with Crippen LogP contribution in [-0.2, 0) is 16.0 Å². The van der Waals surface area contributed by atoms with E-state index in [0.29, 0.717) is 22.1 Å². The van der Waals surface area contributed by atoms with Crippen molar-refractivity contribution in [3.63, 3.8) is 0 Å². The maximum absolute atomic E-state index is 12.2. The number of fused-ring (bicyclic) bond motifs is 2. The highest BCUT2D eigenvalue weighted by molar-refractivity contribution is 6.34. The molecule has 4 N–H and O–H groups in total. The summed E-state index contributed by atoms with van der Waals surface area (Å²) < 4.78 is 5.95. The average molecular weight is 745 g/mol. The van der Waals surface area contributed by atoms with E-state index in [1.165, 1.54) is 57.3 Å². The van der Waals surface area contributed by atoms with Crippen LogP contribution < -0.4 is 26.0 Å². The molecule has 4 heterocycles. The second-order valence-electron chi connectivity index (χ2n) is 14.5. The third kappa shape index (κ3) is 9.71. The molecule has 0 saturated carbocycles. The van der Waals surface area contributed by atoms with Gasteiger partial charge in [-0.05, 0) is 125 Å². The molecule has 54 heavy (non-hydrogen) atoms. The van der Waals surface area contributed by atoms with E-state index < -0.39 is 0 Å². The molecule has 0 aromatic heterocycles. The van der Waals surface area contributed by atoms with E-state index in [-0.39, 0.29) is 11.8 Å². The van der Waals surface area contributed by atoms with Crippen LogP contribution in [0.4, 0.5) is 22.7 Å². The first-order valence-corrected chi connectivity index (χ1v) is 19.4. The van der Waals surface area contributed by atoms with Crippen LogP contribution in [0, 0.1) is 5.92 Å². The molecule has 0 aliphatic carbocycles. The van der Waals surface area contributed by atoms with Crippen molar-refractivity contribution >= 4 is 57.3 Å². The van der Waals surface area contributed by atoms with Crippen LogP contribution in [0.2, 0.25) is 5.02 Å². The molecule has 9 nitrogen and oxygen atoms in total. The molecular formula is C44H49ClN6O3. The summed E-state index contributed by atoms with van der Waals surface area (Å²) in [5.41, 5.74) is 7.90. The number of hydrogen-bond acceptors (Lipinski definition) is 7. The number of amides is 2. The number of carbonyl (C=O) groups excluding carboxylic acids is 2. The number of para-hydroxylation sites is 1. The molecule has 2 amide bonds. The lowest BCUT2D eigenvalue weighted by Crippen LogP contribution is -2.34. The third-order valence-electron chi connectivity index (χ3n) is 10.4. The summed E-state index contributed by atoms with van der Waals surface area (Å²) in [4.78, 5) is 29.2. The van der Waals surface area contributed by atoms with Gasteiger partial charge in [0.1, 0.15) is 5.75 Å². The highest BCUT2D eigenvalue weighted by atomic mass is 35.5. The summed E-state index contributed by atoms with van der Waals surface area (Å²) in [7, 11) is 2.16. The number of nitrogens with zero attached hydrogens (tertiary/aromatic N) is 2. The van der Waals surface area contributed by atoms with E-state index in [4.69, 9.17) is 16.3 Å². The van der Waals surface area contributed by atoms with Crippen LogP contribution in [-0.4, -0.2) is 68.0 Å². The lowest BCUT2D eigenvalue weighted by molar-refractivity contribution is -0.111. The Bertz CT molecular complexity index is 1990. The van der Waals surface area contributed by atoms with Gasteiger partial charge in [0.25, 0.3) is 11.8 Å².